The molecule has 1 aliphatic heterocycles. The van der Waals surface area contributed by atoms with Crippen molar-refractivity contribution >= 4 is 29.3 Å². The number of hydrogen-bond acceptors (Lipinski definition) is 13. The molecule has 2 rings (SSSR count). The van der Waals surface area contributed by atoms with Crippen molar-refractivity contribution in [3.8, 4) is 0 Å². The van der Waals surface area contributed by atoms with E-state index in [1.54, 1.807) is 6.92 Å². The van der Waals surface area contributed by atoms with Crippen LogP contribution in [0.2, 0.25) is 0 Å². The van der Waals surface area contributed by atoms with Gasteiger partial charge in [0.25, 0.3) is 0 Å². The average molecular weight is 507 g/mol. The zero-order valence-corrected chi connectivity index (χ0v) is 19.7. The van der Waals surface area contributed by atoms with E-state index in [2.05, 4.69) is 27.2 Å². The summed E-state index contributed by atoms with van der Waals surface area (Å²) >= 11 is 0. The molecule has 5 unspecified atom stereocenters. The van der Waals surface area contributed by atoms with E-state index in [-0.39, 0.29) is 11.7 Å². The summed E-state index contributed by atoms with van der Waals surface area (Å²) in [7, 11) is -11.6. The van der Waals surface area contributed by atoms with Crippen LogP contribution in [0.5, 0.6) is 0 Å². The predicted molar refractivity (Wildman–Crippen MR) is 105 cm³/mol. The van der Waals surface area contributed by atoms with Crippen LogP contribution in [0.1, 0.15) is 19.6 Å². The van der Waals surface area contributed by atoms with E-state index in [1.807, 2.05) is 0 Å². The lowest BCUT2D eigenvalue weighted by atomic mass is 10.1. The summed E-state index contributed by atoms with van der Waals surface area (Å²) < 4.78 is 70.5. The Hall–Kier alpha value is -0.950. The maximum Gasteiger partial charge on any atom is 0.492 e. The average Bonchev–Trinajstić information content (AvgIpc) is 3.06. The molecule has 5 atom stereocenters. The van der Waals surface area contributed by atoms with Gasteiger partial charge in [0, 0.05) is 33.4 Å². The van der Waals surface area contributed by atoms with Gasteiger partial charge >= 0.3 is 29.2 Å². The van der Waals surface area contributed by atoms with E-state index >= 15 is 0 Å². The van der Waals surface area contributed by atoms with Gasteiger partial charge in [-0.05, 0) is 12.5 Å². The molecule has 0 saturated carbocycles. The number of hydrogen-bond donors (Lipinski definition) is 2. The fourth-order valence-electron chi connectivity index (χ4n) is 2.66. The lowest BCUT2D eigenvalue weighted by Gasteiger charge is -2.22. The van der Waals surface area contributed by atoms with E-state index in [0.29, 0.717) is 6.42 Å². The highest BCUT2D eigenvalue weighted by atomic mass is 31.3. The van der Waals surface area contributed by atoms with Gasteiger partial charge in [0.2, 0.25) is 0 Å². The number of phosphoric ester groups is 2. The van der Waals surface area contributed by atoms with E-state index < -0.39 is 48.1 Å². The van der Waals surface area contributed by atoms with Crippen LogP contribution >= 0.6 is 23.5 Å². The number of anilines is 1. The third-order valence-corrected chi connectivity index (χ3v) is 9.12. The summed E-state index contributed by atoms with van der Waals surface area (Å²) in [4.78, 5) is 25.5. The topological polar surface area (TPSA) is 197 Å². The standard InChI is InChI=1S/C13H24N3O12P3/c1-9-7-10(26-12(9)16-6-5-11(14)15-13(16)17)8-25-29(18,19)27-31(21,24-4)28-30(20,22-2)23-3/h5-6,9-10,12H,7-8H2,1-4H3,(H,18,19)(H2,14,15,17). The molecule has 1 aromatic rings. The van der Waals surface area contributed by atoms with Crippen molar-refractivity contribution < 1.29 is 50.0 Å². The minimum Gasteiger partial charge on any atom is -0.383 e. The first kappa shape index (κ1) is 26.3. The largest absolute Gasteiger partial charge is 0.492 e. The summed E-state index contributed by atoms with van der Waals surface area (Å²) in [6.07, 6.45) is 0.338. The second-order valence-corrected chi connectivity index (χ2v) is 11.7. The van der Waals surface area contributed by atoms with E-state index in [9.17, 15) is 23.4 Å². The molecule has 0 amide bonds. The van der Waals surface area contributed by atoms with Crippen molar-refractivity contribution in [2.75, 3.05) is 33.7 Å². The summed E-state index contributed by atoms with van der Waals surface area (Å²) in [5, 5.41) is 0. The minimum atomic E-state index is -5.04. The van der Waals surface area contributed by atoms with Crippen LogP contribution in [0.15, 0.2) is 17.1 Å². The molecule has 0 radical (unpaired) electrons. The molecule has 0 bridgehead atoms. The molecule has 0 aliphatic carbocycles. The lowest BCUT2D eigenvalue weighted by molar-refractivity contribution is -0.0331. The zero-order chi connectivity index (χ0) is 23.4. The summed E-state index contributed by atoms with van der Waals surface area (Å²) in [5.41, 5.74) is 4.85. The molecular formula is C13H24N3O12P3. The van der Waals surface area contributed by atoms with Gasteiger partial charge < -0.3 is 15.4 Å². The lowest BCUT2D eigenvalue weighted by Crippen LogP contribution is -2.29. The maximum absolute atomic E-state index is 12.4. The van der Waals surface area contributed by atoms with Gasteiger partial charge in [-0.15, -0.1) is 0 Å². The van der Waals surface area contributed by atoms with E-state index in [1.165, 1.54) is 16.8 Å². The molecule has 15 nitrogen and oxygen atoms in total. The highest BCUT2D eigenvalue weighted by Crippen LogP contribution is 2.71. The van der Waals surface area contributed by atoms with Gasteiger partial charge in [0.1, 0.15) is 12.0 Å². The van der Waals surface area contributed by atoms with Gasteiger partial charge in [-0.25, -0.2) is 18.5 Å². The molecule has 178 valence electrons. The van der Waals surface area contributed by atoms with Gasteiger partial charge in [0.15, 0.2) is 0 Å². The maximum atomic E-state index is 12.4. The summed E-state index contributed by atoms with van der Waals surface area (Å²) in [6.45, 7) is 1.32. The molecule has 3 N–H and O–H groups in total. The van der Waals surface area contributed by atoms with Crippen LogP contribution in [-0.4, -0.2) is 48.5 Å². The van der Waals surface area contributed by atoms with E-state index in [4.69, 9.17) is 15.0 Å². The number of nitrogens with two attached hydrogens (primary N) is 1. The molecule has 1 aliphatic rings. The third-order valence-electron chi connectivity index (χ3n) is 4.08. The smallest absolute Gasteiger partial charge is 0.383 e. The quantitative estimate of drug-likeness (QED) is 0.413. The zero-order valence-electron chi connectivity index (χ0n) is 17.1. The Kier molecular flexibility index (Phi) is 8.76. The molecule has 0 aromatic carbocycles. The molecule has 1 fully saturated rings. The number of aromatic nitrogens is 2. The van der Waals surface area contributed by atoms with Crippen LogP contribution in [0.3, 0.4) is 0 Å². The van der Waals surface area contributed by atoms with Crippen molar-refractivity contribution in [1.29, 1.82) is 0 Å². The first-order valence-electron chi connectivity index (χ1n) is 8.63. The highest BCUT2D eigenvalue weighted by molar-refractivity contribution is 7.67. The second-order valence-electron chi connectivity index (χ2n) is 6.27. The Balaban J connectivity index is 2.01. The van der Waals surface area contributed by atoms with Crippen molar-refractivity contribution in [3.63, 3.8) is 0 Å². The predicted octanol–water partition coefficient (Wildman–Crippen LogP) is 2.05. The van der Waals surface area contributed by atoms with Crippen LogP contribution in [-0.2, 0) is 45.1 Å². The van der Waals surface area contributed by atoms with Gasteiger partial charge in [-0.1, -0.05) is 6.92 Å². The highest BCUT2D eigenvalue weighted by Gasteiger charge is 2.45. The van der Waals surface area contributed by atoms with Crippen molar-refractivity contribution in [3.05, 3.63) is 22.7 Å². The summed E-state index contributed by atoms with van der Waals surface area (Å²) in [6, 6.07) is 1.43. The van der Waals surface area contributed by atoms with Crippen LogP contribution < -0.4 is 11.4 Å². The first-order valence-corrected chi connectivity index (χ1v) is 13.0. The molecular weight excluding hydrogens is 483 g/mol. The van der Waals surface area contributed by atoms with Gasteiger partial charge in [0.05, 0.1) is 12.7 Å². The molecule has 31 heavy (non-hydrogen) atoms. The Morgan fingerprint density at radius 3 is 2.35 bits per heavy atom. The number of rotatable bonds is 11. The normalized spacial score (nSPS) is 25.8. The van der Waals surface area contributed by atoms with Gasteiger partial charge in [-0.2, -0.15) is 13.6 Å². The Bertz CT molecular complexity index is 963. The molecule has 2 heterocycles. The van der Waals surface area contributed by atoms with Crippen LogP contribution in [0.4, 0.5) is 5.82 Å². The number of nitrogen functional groups attached to an aromatic ring is 1. The van der Waals surface area contributed by atoms with Crippen molar-refractivity contribution in [2.24, 2.45) is 5.92 Å². The molecule has 1 aromatic heterocycles. The Morgan fingerprint density at radius 2 is 1.81 bits per heavy atom. The monoisotopic (exact) mass is 507 g/mol. The molecule has 0 spiro atoms. The van der Waals surface area contributed by atoms with Crippen LogP contribution in [0, 0.1) is 5.92 Å². The first-order chi connectivity index (χ1) is 14.4. The minimum absolute atomic E-state index is 0.0569. The Morgan fingerprint density at radius 1 is 1.19 bits per heavy atom. The SMILES string of the molecule is COP(=O)(OC)OP(=O)(OC)OP(=O)(O)OCC1CC(C)C(n2ccc(N)nc2=O)O1. The number of nitrogens with zero attached hydrogens (tertiary/aromatic N) is 2. The molecule has 18 heteroatoms. The fraction of sp³-hybridized carbons (Fsp3) is 0.692. The van der Waals surface area contributed by atoms with E-state index in [0.717, 1.165) is 21.3 Å². The van der Waals surface area contributed by atoms with Gasteiger partial charge in [-0.3, -0.25) is 22.7 Å². The number of ether oxygens (including phenoxy) is 1. The van der Waals surface area contributed by atoms with Crippen LogP contribution in [0.25, 0.3) is 0 Å². The summed E-state index contributed by atoms with van der Waals surface area (Å²) in [5.74, 6) is -0.125. The fourth-order valence-corrected chi connectivity index (χ4v) is 6.79. The Labute approximate surface area is 177 Å². The molecule has 1 saturated heterocycles. The second kappa shape index (κ2) is 10.3. The van der Waals surface area contributed by atoms with Crippen molar-refractivity contribution in [2.45, 2.75) is 25.7 Å². The van der Waals surface area contributed by atoms with Crippen molar-refractivity contribution in [1.82, 2.24) is 9.55 Å². The third kappa shape index (κ3) is 7.01. The number of phosphoric acid groups is 3.